The number of piperidine rings is 1. The maximum absolute atomic E-state index is 12.3. The van der Waals surface area contributed by atoms with Gasteiger partial charge < -0.3 is 30.5 Å². The molecule has 1 saturated carbocycles. The zero-order chi connectivity index (χ0) is 28.9. The maximum atomic E-state index is 12.3. The normalized spacial score (nSPS) is 17.1. The molecule has 0 radical (unpaired) electrons. The Labute approximate surface area is 242 Å². The molecule has 40 heavy (non-hydrogen) atoms. The molecule has 2 fully saturated rings. The first-order valence-corrected chi connectivity index (χ1v) is 14.1. The number of nitrogens with one attached hydrogen (secondary N) is 3. The molecule has 3 rings (SSSR count). The van der Waals surface area contributed by atoms with Crippen molar-refractivity contribution in [2.45, 2.75) is 50.6 Å². The molecule has 216 valence electrons. The zero-order valence-electron chi connectivity index (χ0n) is 23.8. The molecule has 10 nitrogen and oxygen atoms in total. The molecule has 1 aliphatic heterocycles. The summed E-state index contributed by atoms with van der Waals surface area (Å²) in [6.07, 6.45) is 10.7. The Morgan fingerprint density at radius 2 is 2.00 bits per heavy atom. The van der Waals surface area contributed by atoms with Crippen LogP contribution >= 0.6 is 11.6 Å². The van der Waals surface area contributed by atoms with E-state index < -0.39 is 0 Å². The average molecular weight is 569 g/mol. The molecular formula is C29H41ClN8O2. The van der Waals surface area contributed by atoms with Gasteiger partial charge in [0.1, 0.15) is 6.07 Å². The van der Waals surface area contributed by atoms with Gasteiger partial charge in [0.25, 0.3) is 0 Å². The fourth-order valence-electron chi connectivity index (χ4n) is 4.63. The lowest BCUT2D eigenvalue weighted by Gasteiger charge is -2.38. The summed E-state index contributed by atoms with van der Waals surface area (Å²) in [5, 5.41) is 19.1. The van der Waals surface area contributed by atoms with E-state index in [4.69, 9.17) is 16.3 Å². The third-order valence-corrected chi connectivity index (χ3v) is 7.59. The van der Waals surface area contributed by atoms with Gasteiger partial charge in [-0.3, -0.25) is 14.8 Å². The Hall–Kier alpha value is -3.39. The van der Waals surface area contributed by atoms with Gasteiger partial charge >= 0.3 is 0 Å². The van der Waals surface area contributed by atoms with Crippen LogP contribution in [0.5, 0.6) is 0 Å². The van der Waals surface area contributed by atoms with E-state index in [0.29, 0.717) is 40.0 Å². The van der Waals surface area contributed by atoms with Gasteiger partial charge in [-0.1, -0.05) is 18.2 Å². The van der Waals surface area contributed by atoms with E-state index >= 15 is 0 Å². The van der Waals surface area contributed by atoms with Crippen molar-refractivity contribution in [1.29, 1.82) is 5.26 Å². The SMILES string of the molecule is C=CC(=O)Nc1cc(N2CCC(N(C)CCCOC)CC2)c(Cl)cc1NC(=NC)NC=C(C#N)C=NC1CCC1. The van der Waals surface area contributed by atoms with E-state index in [1.807, 2.05) is 6.07 Å². The molecule has 0 unspecified atom stereocenters. The number of aliphatic imine (C=N–C) groups is 2. The van der Waals surface area contributed by atoms with Gasteiger partial charge in [0, 0.05) is 64.9 Å². The predicted octanol–water partition coefficient (Wildman–Crippen LogP) is 4.42. The van der Waals surface area contributed by atoms with E-state index in [-0.39, 0.29) is 5.91 Å². The molecule has 0 aromatic heterocycles. The van der Waals surface area contributed by atoms with E-state index in [1.54, 1.807) is 32.6 Å². The molecule has 1 aromatic carbocycles. The second-order valence-electron chi connectivity index (χ2n) is 10.0. The Balaban J connectivity index is 1.72. The third kappa shape index (κ3) is 9.08. The largest absolute Gasteiger partial charge is 0.385 e. The smallest absolute Gasteiger partial charge is 0.247 e. The minimum Gasteiger partial charge on any atom is -0.385 e. The summed E-state index contributed by atoms with van der Waals surface area (Å²) in [4.78, 5) is 25.6. The molecule has 1 amide bonds. The van der Waals surface area contributed by atoms with E-state index in [1.165, 1.54) is 12.5 Å². The Morgan fingerprint density at radius 3 is 2.60 bits per heavy atom. The van der Waals surface area contributed by atoms with Crippen LogP contribution < -0.4 is 20.9 Å². The van der Waals surface area contributed by atoms with Crippen molar-refractivity contribution in [1.82, 2.24) is 10.2 Å². The fraction of sp³-hybridized carbons (Fsp3) is 0.517. The maximum Gasteiger partial charge on any atom is 0.247 e. The molecule has 0 bridgehead atoms. The number of nitrogens with zero attached hydrogens (tertiary/aromatic N) is 5. The van der Waals surface area contributed by atoms with Crippen LogP contribution in [0.4, 0.5) is 17.1 Å². The summed E-state index contributed by atoms with van der Waals surface area (Å²) < 4.78 is 5.18. The monoisotopic (exact) mass is 568 g/mol. The standard InChI is InChI=1S/C29H41ClN8O2/c1-5-28(39)35-26-17-27(38-13-10-23(11-14-38)37(3)12-7-15-40-4)24(30)16-25(26)36-29(32-2)34-20-21(18-31)19-33-22-8-6-9-22/h5,16-17,19-20,22-23H,1,6-15H2,2-4H3,(H,35,39)(H2,32,34,36). The topological polar surface area (TPSA) is 117 Å². The quantitative estimate of drug-likeness (QED) is 0.112. The molecule has 0 spiro atoms. The lowest BCUT2D eigenvalue weighted by molar-refractivity contribution is -0.111. The van der Waals surface area contributed by atoms with Gasteiger partial charge in [-0.25, -0.2) is 0 Å². The van der Waals surface area contributed by atoms with Gasteiger partial charge in [0.15, 0.2) is 5.96 Å². The van der Waals surface area contributed by atoms with Crippen molar-refractivity contribution >= 4 is 46.7 Å². The van der Waals surface area contributed by atoms with Crippen LogP contribution in [0.3, 0.4) is 0 Å². The van der Waals surface area contributed by atoms with Gasteiger partial charge in [-0.15, -0.1) is 0 Å². The molecule has 1 saturated heterocycles. The van der Waals surface area contributed by atoms with Gasteiger partial charge in [-0.2, -0.15) is 5.26 Å². The number of amides is 1. The summed E-state index contributed by atoms with van der Waals surface area (Å²) in [5.74, 6) is 0.0366. The van der Waals surface area contributed by atoms with E-state index in [0.717, 1.165) is 64.0 Å². The number of hydrogen-bond acceptors (Lipinski definition) is 7. The summed E-state index contributed by atoms with van der Waals surface area (Å²) in [7, 11) is 5.52. The highest BCUT2D eigenvalue weighted by Gasteiger charge is 2.25. The van der Waals surface area contributed by atoms with Crippen molar-refractivity contribution in [3.63, 3.8) is 0 Å². The molecule has 1 aromatic rings. The first kappa shape index (κ1) is 31.1. The summed E-state index contributed by atoms with van der Waals surface area (Å²) in [6, 6.07) is 6.60. The average Bonchev–Trinajstić information content (AvgIpc) is 2.94. The first-order chi connectivity index (χ1) is 19.4. The van der Waals surface area contributed by atoms with Crippen molar-refractivity contribution in [3.05, 3.63) is 41.6 Å². The lowest BCUT2D eigenvalue weighted by atomic mass is 9.94. The lowest BCUT2D eigenvalue weighted by Crippen LogP contribution is -2.44. The molecule has 11 heteroatoms. The number of methoxy groups -OCH3 is 1. The highest BCUT2D eigenvalue weighted by Crippen LogP contribution is 2.37. The number of guanidine groups is 1. The van der Waals surface area contributed by atoms with Crippen molar-refractivity contribution in [2.24, 2.45) is 9.98 Å². The van der Waals surface area contributed by atoms with Gasteiger partial charge in [0.05, 0.1) is 27.7 Å². The number of allylic oxidation sites excluding steroid dienone is 1. The number of hydrogen-bond donors (Lipinski definition) is 3. The zero-order valence-corrected chi connectivity index (χ0v) is 24.5. The predicted molar refractivity (Wildman–Crippen MR) is 165 cm³/mol. The van der Waals surface area contributed by atoms with Crippen molar-refractivity contribution in [2.75, 3.05) is 63.0 Å². The Kier molecular flexibility index (Phi) is 12.5. The molecule has 0 atom stereocenters. The summed E-state index contributed by atoms with van der Waals surface area (Å²) in [6.45, 7) is 7.06. The first-order valence-electron chi connectivity index (χ1n) is 13.7. The molecular weight excluding hydrogens is 528 g/mol. The Bertz CT molecular complexity index is 1150. The van der Waals surface area contributed by atoms with Crippen LogP contribution in [0.2, 0.25) is 5.02 Å². The fourth-order valence-corrected chi connectivity index (χ4v) is 4.92. The van der Waals surface area contributed by atoms with Crippen LogP contribution in [0.1, 0.15) is 38.5 Å². The number of halogens is 1. The summed E-state index contributed by atoms with van der Waals surface area (Å²) in [5.41, 5.74) is 2.34. The van der Waals surface area contributed by atoms with Crippen LogP contribution in [0.15, 0.2) is 46.5 Å². The number of benzene rings is 1. The second kappa shape index (κ2) is 16.0. The van der Waals surface area contributed by atoms with Gasteiger partial charge in [-0.05, 0) is 63.8 Å². The molecule has 2 aliphatic rings. The number of carbonyl (C=O) groups is 1. The summed E-state index contributed by atoms with van der Waals surface area (Å²) >= 11 is 6.78. The highest BCUT2D eigenvalue weighted by molar-refractivity contribution is 6.34. The number of rotatable bonds is 12. The minimum absolute atomic E-state index is 0.304. The van der Waals surface area contributed by atoms with Gasteiger partial charge in [0.2, 0.25) is 5.91 Å². The van der Waals surface area contributed by atoms with Crippen molar-refractivity contribution < 1.29 is 9.53 Å². The van der Waals surface area contributed by atoms with Crippen LogP contribution in [-0.4, -0.2) is 82.5 Å². The molecule has 1 aliphatic carbocycles. The highest BCUT2D eigenvalue weighted by atomic mass is 35.5. The molecule has 1 heterocycles. The minimum atomic E-state index is -0.338. The second-order valence-corrected chi connectivity index (χ2v) is 10.4. The molecule has 3 N–H and O–H groups in total. The number of anilines is 3. The third-order valence-electron chi connectivity index (χ3n) is 7.29. The Morgan fingerprint density at radius 1 is 1.27 bits per heavy atom. The number of ether oxygens (including phenoxy) is 1. The van der Waals surface area contributed by atoms with E-state index in [2.05, 4.69) is 55.4 Å². The van der Waals surface area contributed by atoms with Crippen molar-refractivity contribution in [3.8, 4) is 6.07 Å². The number of nitriles is 1. The van der Waals surface area contributed by atoms with Crippen LogP contribution in [0.25, 0.3) is 0 Å². The van der Waals surface area contributed by atoms with Crippen LogP contribution in [0, 0.1) is 11.3 Å². The van der Waals surface area contributed by atoms with Crippen LogP contribution in [-0.2, 0) is 9.53 Å². The number of carbonyl (C=O) groups excluding carboxylic acids is 1. The van der Waals surface area contributed by atoms with E-state index in [9.17, 15) is 10.1 Å².